The van der Waals surface area contributed by atoms with Crippen molar-refractivity contribution in [1.29, 1.82) is 0 Å². The molecule has 1 aromatic heterocycles. The van der Waals surface area contributed by atoms with E-state index in [1.807, 2.05) is 0 Å². The molecule has 0 radical (unpaired) electrons. The predicted octanol–water partition coefficient (Wildman–Crippen LogP) is -0.475. The van der Waals surface area contributed by atoms with Gasteiger partial charge in [0.2, 0.25) is 11.6 Å². The molecule has 7 rings (SSSR count). The molecule has 11 nitrogen and oxygen atoms in total. The number of hydrogen-bond acceptors (Lipinski definition) is 9. The third kappa shape index (κ3) is 1.82. The number of carbonyl (C=O) groups is 2. The van der Waals surface area contributed by atoms with Crippen LogP contribution in [0, 0.1) is 22.7 Å². The average molecular weight is 507 g/mol. The van der Waals surface area contributed by atoms with Crippen LogP contribution in [0.25, 0.3) is 0 Å². The van der Waals surface area contributed by atoms with Gasteiger partial charge >= 0.3 is 5.97 Å². The number of aliphatic hydroxyl groups is 5. The molecule has 6 bridgehead atoms. The van der Waals surface area contributed by atoms with Crippen LogP contribution in [0.15, 0.2) is 18.3 Å². The van der Waals surface area contributed by atoms with Crippen LogP contribution >= 0.6 is 0 Å². The highest BCUT2D eigenvalue weighted by Crippen LogP contribution is 2.88. The van der Waals surface area contributed by atoms with Gasteiger partial charge in [-0.2, -0.15) is 0 Å². The van der Waals surface area contributed by atoms with E-state index in [1.165, 1.54) is 26.1 Å². The van der Waals surface area contributed by atoms with E-state index < -0.39 is 74.6 Å². The molecule has 10 atom stereocenters. The Morgan fingerprint density at radius 3 is 2.44 bits per heavy atom. The van der Waals surface area contributed by atoms with E-state index in [-0.39, 0.29) is 25.0 Å². The number of hydrogen-bond donors (Lipinski definition) is 7. The monoisotopic (exact) mass is 506 g/mol. The lowest BCUT2D eigenvalue weighted by molar-refractivity contribution is -0.374. The summed E-state index contributed by atoms with van der Waals surface area (Å²) in [5.74, 6) is -5.08. The number of aromatic nitrogens is 1. The van der Waals surface area contributed by atoms with E-state index in [4.69, 9.17) is 9.47 Å². The van der Waals surface area contributed by atoms with Gasteiger partial charge in [-0.1, -0.05) is 27.7 Å². The summed E-state index contributed by atoms with van der Waals surface area (Å²) in [6, 6.07) is 3.04. The van der Waals surface area contributed by atoms with Crippen LogP contribution in [0.2, 0.25) is 0 Å². The van der Waals surface area contributed by atoms with Gasteiger partial charge in [0, 0.05) is 24.0 Å². The molecule has 6 fully saturated rings. The molecule has 3 aliphatic heterocycles. The molecule has 198 valence electrons. The van der Waals surface area contributed by atoms with Gasteiger partial charge in [-0.05, 0) is 37.8 Å². The highest BCUT2D eigenvalue weighted by Gasteiger charge is 3.09. The molecule has 3 saturated carbocycles. The molecule has 3 aliphatic carbocycles. The zero-order valence-corrected chi connectivity index (χ0v) is 21.0. The summed E-state index contributed by atoms with van der Waals surface area (Å²) >= 11 is 0. The van der Waals surface area contributed by atoms with Crippen molar-refractivity contribution in [1.82, 2.24) is 10.3 Å². The molecule has 36 heavy (non-hydrogen) atoms. The molecule has 3 saturated heterocycles. The Hall–Kier alpha value is -2.02. The molecule has 11 heteroatoms. The molecule has 10 unspecified atom stereocenters. The first-order valence-electron chi connectivity index (χ1n) is 12.5. The van der Waals surface area contributed by atoms with Gasteiger partial charge in [-0.15, -0.1) is 0 Å². The highest BCUT2D eigenvalue weighted by atomic mass is 16.7. The minimum absolute atomic E-state index is 0.0501. The smallest absolute Gasteiger partial charge is 0.355 e. The minimum Gasteiger partial charge on any atom is -0.451 e. The van der Waals surface area contributed by atoms with Gasteiger partial charge in [0.05, 0.1) is 5.41 Å². The topological polar surface area (TPSA) is 182 Å². The lowest BCUT2D eigenvalue weighted by Gasteiger charge is -2.58. The van der Waals surface area contributed by atoms with Crippen LogP contribution in [0.1, 0.15) is 64.4 Å². The Labute approximate surface area is 207 Å². The van der Waals surface area contributed by atoms with Crippen molar-refractivity contribution in [2.75, 3.05) is 0 Å². The number of H-pyrrole nitrogens is 1. The maximum Gasteiger partial charge on any atom is 0.355 e. The Balaban J connectivity index is 1.68. The number of ether oxygens (including phenoxy) is 2. The van der Waals surface area contributed by atoms with Crippen LogP contribution in [0.5, 0.6) is 0 Å². The molecule has 4 heterocycles. The summed E-state index contributed by atoms with van der Waals surface area (Å²) in [4.78, 5) is 29.0. The zero-order valence-electron chi connectivity index (χ0n) is 21.0. The molecule has 6 aliphatic rings. The van der Waals surface area contributed by atoms with Gasteiger partial charge in [0.1, 0.15) is 22.5 Å². The number of esters is 1. The lowest BCUT2D eigenvalue weighted by Crippen LogP contribution is -2.74. The second-order valence-electron chi connectivity index (χ2n) is 12.3. The Kier molecular flexibility index (Phi) is 4.16. The lowest BCUT2D eigenvalue weighted by atomic mass is 9.52. The molecule has 7 N–H and O–H groups in total. The average Bonchev–Trinajstić information content (AvgIpc) is 3.40. The quantitative estimate of drug-likeness (QED) is 0.267. The normalized spacial score (nSPS) is 56.6. The molecular formula is C25H34N2O9. The highest BCUT2D eigenvalue weighted by molar-refractivity contribution is 5.88. The first kappa shape index (κ1) is 24.3. The van der Waals surface area contributed by atoms with Crippen LogP contribution in [-0.4, -0.2) is 82.4 Å². The first-order valence-corrected chi connectivity index (χ1v) is 12.5. The molecular weight excluding hydrogens is 472 g/mol. The van der Waals surface area contributed by atoms with E-state index >= 15 is 0 Å². The zero-order chi connectivity index (χ0) is 26.5. The van der Waals surface area contributed by atoms with Crippen molar-refractivity contribution in [3.05, 3.63) is 24.0 Å². The molecule has 0 aromatic carbocycles. The second kappa shape index (κ2) is 6.16. The number of amides is 1. The van der Waals surface area contributed by atoms with E-state index in [0.29, 0.717) is 0 Å². The minimum atomic E-state index is -2.66. The number of aromatic amines is 1. The van der Waals surface area contributed by atoms with Crippen molar-refractivity contribution in [2.24, 2.45) is 22.7 Å². The van der Waals surface area contributed by atoms with E-state index in [9.17, 15) is 35.1 Å². The Morgan fingerprint density at radius 1 is 1.19 bits per heavy atom. The van der Waals surface area contributed by atoms with Crippen LogP contribution < -0.4 is 5.32 Å². The predicted molar refractivity (Wildman–Crippen MR) is 121 cm³/mol. The number of carbonyl (C=O) groups excluding carboxylic acids is 2. The first-order chi connectivity index (χ1) is 16.5. The van der Waals surface area contributed by atoms with Crippen molar-refractivity contribution in [3.8, 4) is 0 Å². The largest absolute Gasteiger partial charge is 0.451 e. The summed E-state index contributed by atoms with van der Waals surface area (Å²) in [5.41, 5.74) is -15.8. The van der Waals surface area contributed by atoms with E-state index in [0.717, 1.165) is 0 Å². The Bertz CT molecular complexity index is 1190. The summed E-state index contributed by atoms with van der Waals surface area (Å²) in [6.07, 6.45) is -0.525. The van der Waals surface area contributed by atoms with Gasteiger partial charge in [0.15, 0.2) is 17.5 Å². The molecule has 1 spiro atoms. The van der Waals surface area contributed by atoms with Crippen LogP contribution in [0.4, 0.5) is 0 Å². The van der Waals surface area contributed by atoms with Gasteiger partial charge < -0.3 is 45.3 Å². The fourth-order valence-corrected chi connectivity index (χ4v) is 9.04. The van der Waals surface area contributed by atoms with Crippen molar-refractivity contribution in [2.45, 2.75) is 93.9 Å². The van der Waals surface area contributed by atoms with Gasteiger partial charge in [0.25, 0.3) is 0 Å². The number of rotatable bonds is 3. The SMILES string of the molecule is CC1CCC2(O)C3(C)CC4(O)OC2(NC1=O)C1(O)C3(O)C(OC(=O)c2ccc[nH]2)C(O)(C(C)C)C41C. The fraction of sp³-hybridized carbons (Fsp3) is 0.760. The fourth-order valence-electron chi connectivity index (χ4n) is 9.04. The summed E-state index contributed by atoms with van der Waals surface area (Å²) in [5, 5.41) is 65.1. The molecule has 1 amide bonds. The van der Waals surface area contributed by atoms with Gasteiger partial charge in [-0.25, -0.2) is 4.79 Å². The summed E-state index contributed by atoms with van der Waals surface area (Å²) in [7, 11) is 0. The maximum atomic E-state index is 13.2. The number of nitrogens with one attached hydrogen (secondary N) is 2. The standard InChI is InChI=1S/C25H34N2O9/c1-12(2)22(32)17(35-16(29)14-7-6-10-26-14)23(33)18(4)11-21(31)19(22,5)24(23,34)25(36-21)20(18,30)9-8-13(3)15(28)27-25/h6-7,10,12-13,17,26,30-34H,8-9,11H2,1-5H3,(H,27,28). The van der Waals surface area contributed by atoms with Crippen molar-refractivity contribution in [3.63, 3.8) is 0 Å². The molecule has 1 aromatic rings. The Morgan fingerprint density at radius 2 is 1.86 bits per heavy atom. The second-order valence-corrected chi connectivity index (χ2v) is 12.3. The van der Waals surface area contributed by atoms with E-state index in [2.05, 4.69) is 10.3 Å². The summed E-state index contributed by atoms with van der Waals surface area (Å²) < 4.78 is 12.0. The third-order valence-electron chi connectivity index (χ3n) is 11.0. The van der Waals surface area contributed by atoms with Crippen molar-refractivity contribution < 1.29 is 44.6 Å². The van der Waals surface area contributed by atoms with Crippen LogP contribution in [0.3, 0.4) is 0 Å². The van der Waals surface area contributed by atoms with Gasteiger partial charge in [-0.3, -0.25) is 4.79 Å². The van der Waals surface area contributed by atoms with Crippen LogP contribution in [-0.2, 0) is 14.3 Å². The summed E-state index contributed by atoms with van der Waals surface area (Å²) in [6.45, 7) is 7.74. The third-order valence-corrected chi connectivity index (χ3v) is 11.0. The maximum absolute atomic E-state index is 13.2. The van der Waals surface area contributed by atoms with Crippen molar-refractivity contribution >= 4 is 11.9 Å². The van der Waals surface area contributed by atoms with E-state index in [1.54, 1.807) is 26.8 Å².